The van der Waals surface area contributed by atoms with E-state index in [-0.39, 0.29) is 0 Å². The molecule has 0 aromatic carbocycles. The van der Waals surface area contributed by atoms with Crippen LogP contribution in [0.4, 0.5) is 11.6 Å². The smallest absolute Gasteiger partial charge is 0.180 e. The van der Waals surface area contributed by atoms with Crippen molar-refractivity contribution in [2.45, 2.75) is 27.7 Å². The Kier molecular flexibility index (Phi) is 2.71. The first-order valence-electron chi connectivity index (χ1n) is 7.13. The van der Waals surface area contributed by atoms with Crippen LogP contribution in [-0.4, -0.2) is 28.0 Å². The van der Waals surface area contributed by atoms with Crippen molar-refractivity contribution in [2.24, 2.45) is 16.7 Å². The summed E-state index contributed by atoms with van der Waals surface area (Å²) in [5.41, 5.74) is 1.64. The fourth-order valence-corrected chi connectivity index (χ4v) is 3.21. The Morgan fingerprint density at radius 1 is 1.25 bits per heavy atom. The van der Waals surface area contributed by atoms with Crippen LogP contribution in [0.1, 0.15) is 27.7 Å². The van der Waals surface area contributed by atoms with Crippen molar-refractivity contribution in [1.29, 1.82) is 0 Å². The topological polar surface area (TPSA) is 54.2 Å². The van der Waals surface area contributed by atoms with Gasteiger partial charge in [-0.3, -0.25) is 0 Å². The van der Waals surface area contributed by atoms with Crippen LogP contribution in [0.5, 0.6) is 0 Å². The third-order valence-corrected chi connectivity index (χ3v) is 5.42. The van der Waals surface area contributed by atoms with Crippen molar-refractivity contribution in [2.75, 3.05) is 24.2 Å². The molecular weight excluding hydrogens is 250 g/mol. The zero-order chi connectivity index (χ0) is 14.5. The van der Waals surface area contributed by atoms with Gasteiger partial charge in [-0.05, 0) is 16.7 Å². The molecule has 0 bridgehead atoms. The highest BCUT2D eigenvalue weighted by atomic mass is 15.1. The van der Waals surface area contributed by atoms with Crippen LogP contribution in [0.2, 0.25) is 0 Å². The zero-order valence-electron chi connectivity index (χ0n) is 12.9. The van der Waals surface area contributed by atoms with Crippen LogP contribution in [0.25, 0.3) is 5.65 Å². The van der Waals surface area contributed by atoms with E-state index in [0.29, 0.717) is 16.7 Å². The van der Waals surface area contributed by atoms with Crippen molar-refractivity contribution in [3.63, 3.8) is 0 Å². The quantitative estimate of drug-likeness (QED) is 0.899. The Hall–Kier alpha value is -1.78. The van der Waals surface area contributed by atoms with Crippen molar-refractivity contribution in [3.05, 3.63) is 18.6 Å². The molecule has 2 heterocycles. The summed E-state index contributed by atoms with van der Waals surface area (Å²) in [5.74, 6) is 2.35. The number of hydrogen-bond acceptors (Lipinski definition) is 4. The predicted molar refractivity (Wildman–Crippen MR) is 82.1 cm³/mol. The van der Waals surface area contributed by atoms with Gasteiger partial charge in [-0.2, -0.15) is 0 Å². The summed E-state index contributed by atoms with van der Waals surface area (Å²) in [4.78, 5) is 8.96. The molecule has 108 valence electrons. The van der Waals surface area contributed by atoms with Gasteiger partial charge in [0.2, 0.25) is 0 Å². The molecule has 5 heteroatoms. The van der Waals surface area contributed by atoms with Gasteiger partial charge in [0.1, 0.15) is 5.82 Å². The highest BCUT2D eigenvalue weighted by molar-refractivity contribution is 5.65. The summed E-state index contributed by atoms with van der Waals surface area (Å²) in [6.07, 6.45) is 5.68. The Bertz CT molecular complexity index is 627. The Labute approximate surface area is 119 Å². The molecular formula is C15H23N5. The standard InChI is InChI=1S/C15H23N5/c1-14(2)10(15(14,3)4)8-18-12-13-17-6-7-20(13)9-11(16-5)19-12/h6-7,9-10,16H,8H2,1-5H3,(H,18,19). The molecule has 1 saturated carbocycles. The predicted octanol–water partition coefficient (Wildman–Crippen LogP) is 2.87. The van der Waals surface area contributed by atoms with Crippen molar-refractivity contribution >= 4 is 17.3 Å². The summed E-state index contributed by atoms with van der Waals surface area (Å²) in [6, 6.07) is 0. The van der Waals surface area contributed by atoms with Gasteiger partial charge < -0.3 is 15.0 Å². The van der Waals surface area contributed by atoms with Crippen LogP contribution in [0.3, 0.4) is 0 Å². The summed E-state index contributed by atoms with van der Waals surface area (Å²) in [7, 11) is 1.88. The number of nitrogens with zero attached hydrogens (tertiary/aromatic N) is 3. The summed E-state index contributed by atoms with van der Waals surface area (Å²) < 4.78 is 1.99. The maximum Gasteiger partial charge on any atom is 0.180 e. The zero-order valence-corrected chi connectivity index (χ0v) is 12.9. The molecule has 0 unspecified atom stereocenters. The van der Waals surface area contributed by atoms with Crippen molar-refractivity contribution in [3.8, 4) is 0 Å². The number of fused-ring (bicyclic) bond motifs is 1. The van der Waals surface area contributed by atoms with Gasteiger partial charge in [0.15, 0.2) is 11.5 Å². The van der Waals surface area contributed by atoms with Crippen molar-refractivity contribution < 1.29 is 0 Å². The van der Waals surface area contributed by atoms with Gasteiger partial charge >= 0.3 is 0 Å². The number of hydrogen-bond donors (Lipinski definition) is 2. The summed E-state index contributed by atoms with van der Waals surface area (Å²) >= 11 is 0. The first-order chi connectivity index (χ1) is 9.38. The minimum atomic E-state index is 0.381. The third-order valence-electron chi connectivity index (χ3n) is 5.42. The first kappa shape index (κ1) is 13.2. The van der Waals surface area contributed by atoms with Gasteiger partial charge in [0.05, 0.1) is 6.20 Å². The molecule has 2 N–H and O–H groups in total. The largest absolute Gasteiger partial charge is 0.372 e. The van der Waals surface area contributed by atoms with Gasteiger partial charge in [0.25, 0.3) is 0 Å². The Balaban J connectivity index is 1.83. The second kappa shape index (κ2) is 4.11. The minimum Gasteiger partial charge on any atom is -0.372 e. The van der Waals surface area contributed by atoms with Gasteiger partial charge in [-0.25, -0.2) is 9.97 Å². The number of rotatable bonds is 4. The molecule has 2 aromatic rings. The van der Waals surface area contributed by atoms with E-state index in [9.17, 15) is 0 Å². The molecule has 0 spiro atoms. The molecule has 1 aliphatic carbocycles. The summed E-state index contributed by atoms with van der Waals surface area (Å²) in [6.45, 7) is 10.3. The lowest BCUT2D eigenvalue weighted by Crippen LogP contribution is -2.11. The van der Waals surface area contributed by atoms with Crippen LogP contribution < -0.4 is 10.6 Å². The van der Waals surface area contributed by atoms with Crippen LogP contribution >= 0.6 is 0 Å². The average molecular weight is 273 g/mol. The van der Waals surface area contributed by atoms with E-state index in [0.717, 1.165) is 23.8 Å². The number of anilines is 2. The highest BCUT2D eigenvalue weighted by Crippen LogP contribution is 2.68. The van der Waals surface area contributed by atoms with E-state index in [4.69, 9.17) is 0 Å². The fraction of sp³-hybridized carbons (Fsp3) is 0.600. The Morgan fingerprint density at radius 3 is 2.55 bits per heavy atom. The number of nitrogens with one attached hydrogen (secondary N) is 2. The molecule has 1 aliphatic rings. The van der Waals surface area contributed by atoms with E-state index in [1.807, 2.05) is 23.8 Å². The van der Waals surface area contributed by atoms with Crippen LogP contribution in [-0.2, 0) is 0 Å². The lowest BCUT2D eigenvalue weighted by molar-refractivity contribution is 0.457. The SMILES string of the molecule is CNc1cn2ccnc2c(NCC2C(C)(C)C2(C)C)n1. The van der Waals surface area contributed by atoms with E-state index < -0.39 is 0 Å². The summed E-state index contributed by atoms with van der Waals surface area (Å²) in [5, 5.41) is 6.57. The van der Waals surface area contributed by atoms with E-state index in [2.05, 4.69) is 48.3 Å². The van der Waals surface area contributed by atoms with Gasteiger partial charge in [-0.15, -0.1) is 0 Å². The maximum atomic E-state index is 4.58. The average Bonchev–Trinajstić information content (AvgIpc) is 2.76. The van der Waals surface area contributed by atoms with E-state index in [1.54, 1.807) is 6.20 Å². The molecule has 2 aromatic heterocycles. The first-order valence-corrected chi connectivity index (χ1v) is 7.13. The maximum absolute atomic E-state index is 4.58. The normalized spacial score (nSPS) is 20.1. The molecule has 3 rings (SSSR count). The molecule has 5 nitrogen and oxygen atoms in total. The molecule has 0 saturated heterocycles. The Morgan fingerprint density at radius 2 is 1.95 bits per heavy atom. The lowest BCUT2D eigenvalue weighted by atomic mass is 10.0. The van der Waals surface area contributed by atoms with E-state index >= 15 is 0 Å². The molecule has 0 atom stereocenters. The van der Waals surface area contributed by atoms with Crippen molar-refractivity contribution in [1.82, 2.24) is 14.4 Å². The van der Waals surface area contributed by atoms with E-state index in [1.165, 1.54) is 0 Å². The molecule has 20 heavy (non-hydrogen) atoms. The molecule has 0 radical (unpaired) electrons. The van der Waals surface area contributed by atoms with Crippen LogP contribution in [0.15, 0.2) is 18.6 Å². The second-order valence-electron chi connectivity index (χ2n) is 6.76. The molecule has 1 fully saturated rings. The number of imidazole rings is 1. The third kappa shape index (κ3) is 1.76. The number of aromatic nitrogens is 3. The monoisotopic (exact) mass is 273 g/mol. The fourth-order valence-electron chi connectivity index (χ4n) is 3.21. The van der Waals surface area contributed by atoms with Gasteiger partial charge in [0, 0.05) is 26.0 Å². The molecule has 0 amide bonds. The van der Waals surface area contributed by atoms with Gasteiger partial charge in [-0.1, -0.05) is 27.7 Å². The molecule has 0 aliphatic heterocycles. The second-order valence-corrected chi connectivity index (χ2v) is 6.76. The van der Waals surface area contributed by atoms with Crippen LogP contribution in [0, 0.1) is 16.7 Å². The lowest BCUT2D eigenvalue weighted by Gasteiger charge is -2.10. The highest BCUT2D eigenvalue weighted by Gasteiger charge is 2.64. The minimum absolute atomic E-state index is 0.381.